The average Bonchev–Trinajstić information content (AvgIpc) is 1.50. The molecule has 20 aromatic carbocycles. The van der Waals surface area contributed by atoms with Gasteiger partial charge in [0.05, 0.1) is 21.7 Å². The number of furan rings is 2. The molecule has 0 bridgehead atoms. The quantitative estimate of drug-likeness (QED) is 0.155. The van der Waals surface area contributed by atoms with Gasteiger partial charge in [0.2, 0.25) is 0 Å². The van der Waals surface area contributed by atoms with Gasteiger partial charge in [-0.15, -0.1) is 0 Å². The predicted molar refractivity (Wildman–Crippen MR) is 501 cm³/mol. The van der Waals surface area contributed by atoms with Crippen molar-refractivity contribution in [3.05, 3.63) is 404 Å². The summed E-state index contributed by atoms with van der Waals surface area (Å²) in [7, 11) is 0. The monoisotopic (exact) mass is 1560 g/mol. The number of halogens is 1. The molecule has 10 heteroatoms. The summed E-state index contributed by atoms with van der Waals surface area (Å²) in [5, 5.41) is 26.0. The highest BCUT2D eigenvalue weighted by atomic mass is 35.5. The van der Waals surface area contributed by atoms with Crippen molar-refractivity contribution in [2.45, 2.75) is 6.42 Å². The second-order valence-electron chi connectivity index (χ2n) is 31.2. The van der Waals surface area contributed by atoms with Gasteiger partial charge in [-0.05, 0) is 194 Å². The topological polar surface area (TPSA) is 109 Å². The third-order valence-corrected chi connectivity index (χ3v) is 24.5. The summed E-state index contributed by atoms with van der Waals surface area (Å²) in [6.45, 7) is 0. The van der Waals surface area contributed by atoms with Crippen LogP contribution in [-0.4, -0.2) is 34.5 Å². The molecule has 0 radical (unpaired) electrons. The smallest absolute Gasteiger partial charge is 0.164 e. The lowest BCUT2D eigenvalue weighted by atomic mass is 9.98. The Balaban J connectivity index is 0.000000116. The first-order chi connectivity index (χ1) is 59.8. The lowest BCUT2D eigenvalue weighted by Gasteiger charge is -2.13. The first-order valence-electron chi connectivity index (χ1n) is 40.8. The van der Waals surface area contributed by atoms with Crippen LogP contribution in [0.1, 0.15) is 11.1 Å². The molecule has 9 nitrogen and oxygen atoms in total. The van der Waals surface area contributed by atoms with Gasteiger partial charge in [-0.1, -0.05) is 321 Å². The van der Waals surface area contributed by atoms with Crippen LogP contribution < -0.4 is 0 Å². The molecule has 0 aliphatic heterocycles. The summed E-state index contributed by atoms with van der Waals surface area (Å²) in [6.07, 6.45) is 1.05. The van der Waals surface area contributed by atoms with Gasteiger partial charge in [0.25, 0.3) is 0 Å². The van der Waals surface area contributed by atoms with E-state index in [1.165, 1.54) is 81.5 Å². The molecule has 25 aromatic rings. The van der Waals surface area contributed by atoms with Crippen molar-refractivity contribution in [2.75, 3.05) is 0 Å². The molecule has 0 fully saturated rings. The van der Waals surface area contributed by atoms with E-state index in [1.54, 1.807) is 0 Å². The van der Waals surface area contributed by atoms with Crippen molar-refractivity contribution in [3.63, 3.8) is 0 Å². The van der Waals surface area contributed by atoms with Gasteiger partial charge in [0, 0.05) is 65.7 Å². The van der Waals surface area contributed by atoms with Gasteiger partial charge in [0.15, 0.2) is 46.1 Å². The van der Waals surface area contributed by atoms with Gasteiger partial charge < -0.3 is 13.4 Å². The summed E-state index contributed by atoms with van der Waals surface area (Å²) >= 11 is 6.62. The Hall–Kier alpha value is -15.8. The average molecular weight is 1570 g/mol. The molecule has 1 aliphatic rings. The number of nitrogens with zero attached hydrogens (tertiary/aromatic N) is 7. The van der Waals surface area contributed by atoms with Crippen LogP contribution in [0.5, 0.6) is 0 Å². The molecule has 5 aromatic heterocycles. The van der Waals surface area contributed by atoms with Crippen molar-refractivity contribution in [1.29, 1.82) is 0 Å². The molecule has 26 rings (SSSR count). The molecular weight excluding hydrogens is 1500 g/mol. The van der Waals surface area contributed by atoms with E-state index in [-0.39, 0.29) is 0 Å². The minimum Gasteiger partial charge on any atom is -0.454 e. The Kier molecular flexibility index (Phi) is 16.2. The number of benzene rings is 20. The third-order valence-electron chi connectivity index (χ3n) is 24.2. The third kappa shape index (κ3) is 11.8. The van der Waals surface area contributed by atoms with Crippen LogP contribution in [0.3, 0.4) is 0 Å². The van der Waals surface area contributed by atoms with E-state index in [2.05, 4.69) is 314 Å². The summed E-state index contributed by atoms with van der Waals surface area (Å²) in [6, 6.07) is 136. The lowest BCUT2D eigenvalue weighted by Crippen LogP contribution is -2.02. The highest BCUT2D eigenvalue weighted by molar-refractivity contribution is 6.36. The van der Waals surface area contributed by atoms with Crippen molar-refractivity contribution in [1.82, 2.24) is 34.5 Å². The Bertz CT molecular complexity index is 8530. The molecule has 0 unspecified atom stereocenters. The van der Waals surface area contributed by atoms with Gasteiger partial charge in [-0.3, -0.25) is 0 Å². The molecule has 564 valence electrons. The van der Waals surface area contributed by atoms with Gasteiger partial charge in [-0.25, -0.2) is 29.9 Å². The normalized spacial score (nSPS) is 12.0. The SMILES string of the molecule is Clc1ccc(-c2nc(-c3ccc4ccccc4c3)nc(-c3cccc4ccccc34)n2)c2c1oc1ccccc12.c1ccc2cc(-c3nc(-c4cccc5ccccc45)nc(-c4ccc(-n5c6cc7ccccc7cc6c6cc7ccccc7cc65)c5oc6ccccc6c45)n3)ccc2c1.c1ccc2cc3c(cc2c1)Cc1c-3ccc2ccccc12. The maximum Gasteiger partial charge on any atom is 0.164 e. The standard InChI is InChI=1S/C55H32N4O.C35H20ClN3O.C21H14/c1-2-14-35-28-40(25-24-33(35)12-1)53-56-54(42-22-11-19-34-13-7-8-20-41(34)42)58-55(57-53)44-26-27-47(52-51(44)43-21-9-10-23-50(43)60-52)59-48-31-38-17-5-3-15-36(38)29-45(48)46-30-37-16-4-6-18-39(37)32-49(46)59;36-29-19-18-28(31-27-13-5-6-15-30(27)40-32(29)31)35-38-33(24-17-16-21-8-1-2-10-23(21)20-24)37-34(39-35)26-14-7-11-22-9-3-4-12-25(22)26;1-2-7-16-12-20-17(11-15(16)6-1)13-21-18-8-4-3-5-14(18)9-10-19(20)21/h1-32H;1-20H;1-12H,13H2. The van der Waals surface area contributed by atoms with Crippen LogP contribution in [0, 0.1) is 0 Å². The van der Waals surface area contributed by atoms with E-state index in [1.807, 2.05) is 78.9 Å². The number of para-hydroxylation sites is 2. The minimum atomic E-state index is 0.549. The van der Waals surface area contributed by atoms with Gasteiger partial charge in [0.1, 0.15) is 11.2 Å². The van der Waals surface area contributed by atoms with Crippen LogP contribution in [0.4, 0.5) is 0 Å². The van der Waals surface area contributed by atoms with Gasteiger partial charge >= 0.3 is 0 Å². The fourth-order valence-corrected chi connectivity index (χ4v) is 18.6. The first-order valence-corrected chi connectivity index (χ1v) is 41.1. The van der Waals surface area contributed by atoms with Crippen LogP contribution in [0.15, 0.2) is 397 Å². The van der Waals surface area contributed by atoms with Crippen molar-refractivity contribution < 1.29 is 8.83 Å². The minimum absolute atomic E-state index is 0.549. The fraction of sp³-hybridized carbons (Fsp3) is 0.00901. The first kappa shape index (κ1) is 69.5. The molecule has 0 saturated carbocycles. The summed E-state index contributed by atoms with van der Waals surface area (Å²) in [4.78, 5) is 31.0. The number of fused-ring (bicyclic) bond motifs is 21. The molecular formula is C111H66ClN7O2. The summed E-state index contributed by atoms with van der Waals surface area (Å²) < 4.78 is 15.5. The van der Waals surface area contributed by atoms with Crippen LogP contribution >= 0.6 is 11.6 Å². The Morgan fingerprint density at radius 2 is 0.587 bits per heavy atom. The molecule has 0 spiro atoms. The van der Waals surface area contributed by atoms with E-state index < -0.39 is 0 Å². The Morgan fingerprint density at radius 3 is 1.10 bits per heavy atom. The Labute approximate surface area is 698 Å². The van der Waals surface area contributed by atoms with Gasteiger partial charge in [-0.2, -0.15) is 0 Å². The second kappa shape index (κ2) is 28.2. The van der Waals surface area contributed by atoms with Crippen LogP contribution in [0.25, 0.3) is 237 Å². The predicted octanol–water partition coefficient (Wildman–Crippen LogP) is 29.8. The highest BCUT2D eigenvalue weighted by Gasteiger charge is 2.27. The zero-order valence-corrected chi connectivity index (χ0v) is 65.7. The van der Waals surface area contributed by atoms with Crippen molar-refractivity contribution in [3.8, 4) is 85.1 Å². The summed E-state index contributed by atoms with van der Waals surface area (Å²) in [5.41, 5.74) is 17.4. The highest BCUT2D eigenvalue weighted by Crippen LogP contribution is 2.47. The number of aromatic nitrogens is 7. The summed E-state index contributed by atoms with van der Waals surface area (Å²) in [5.74, 6) is 3.59. The molecule has 0 saturated heterocycles. The molecule has 121 heavy (non-hydrogen) atoms. The largest absolute Gasteiger partial charge is 0.454 e. The lowest BCUT2D eigenvalue weighted by molar-refractivity contribution is 0.666. The fourth-order valence-electron chi connectivity index (χ4n) is 18.5. The Morgan fingerprint density at radius 1 is 0.231 bits per heavy atom. The maximum atomic E-state index is 6.99. The molecule has 5 heterocycles. The van der Waals surface area contributed by atoms with Crippen molar-refractivity contribution >= 4 is 163 Å². The van der Waals surface area contributed by atoms with E-state index in [4.69, 9.17) is 50.3 Å². The van der Waals surface area contributed by atoms with Crippen LogP contribution in [-0.2, 0) is 6.42 Å². The van der Waals surface area contributed by atoms with E-state index in [9.17, 15) is 0 Å². The molecule has 0 atom stereocenters. The zero-order chi connectivity index (χ0) is 79.8. The number of hydrogen-bond donors (Lipinski definition) is 0. The number of hydrogen-bond acceptors (Lipinski definition) is 8. The van der Waals surface area contributed by atoms with E-state index in [0.717, 1.165) is 133 Å². The number of rotatable bonds is 7. The van der Waals surface area contributed by atoms with E-state index >= 15 is 0 Å². The van der Waals surface area contributed by atoms with E-state index in [0.29, 0.717) is 45.6 Å². The maximum absolute atomic E-state index is 6.99. The van der Waals surface area contributed by atoms with Crippen LogP contribution in [0.2, 0.25) is 5.02 Å². The molecule has 0 amide bonds. The van der Waals surface area contributed by atoms with Crippen molar-refractivity contribution in [2.24, 2.45) is 0 Å². The molecule has 1 aliphatic carbocycles. The zero-order valence-electron chi connectivity index (χ0n) is 65.0. The second-order valence-corrected chi connectivity index (χ2v) is 31.6. The molecule has 0 N–H and O–H groups in total.